The largest absolute Gasteiger partial charge is 0.493 e. The lowest BCUT2D eigenvalue weighted by atomic mass is 10.0. The monoisotopic (exact) mass is 457 g/mol. The van der Waals surface area contributed by atoms with Crippen LogP contribution < -0.4 is 19.6 Å². The van der Waals surface area contributed by atoms with Crippen molar-refractivity contribution < 1.29 is 27.0 Å². The molecule has 3 heterocycles. The van der Waals surface area contributed by atoms with Crippen LogP contribution in [-0.4, -0.2) is 51.8 Å². The molecule has 5 rings (SSSR count). The van der Waals surface area contributed by atoms with Gasteiger partial charge in [0.15, 0.2) is 21.3 Å². The van der Waals surface area contributed by atoms with Crippen LogP contribution in [0.3, 0.4) is 0 Å². The van der Waals surface area contributed by atoms with Gasteiger partial charge in [0.25, 0.3) is 0 Å². The van der Waals surface area contributed by atoms with E-state index in [1.165, 1.54) is 13.4 Å². The van der Waals surface area contributed by atoms with E-state index in [0.29, 0.717) is 59.0 Å². The van der Waals surface area contributed by atoms with Crippen molar-refractivity contribution in [2.24, 2.45) is 0 Å². The van der Waals surface area contributed by atoms with Gasteiger partial charge in [0.2, 0.25) is 5.43 Å². The Hall–Kier alpha value is -3.04. The molecule has 0 radical (unpaired) electrons. The molecule has 1 unspecified atom stereocenters. The van der Waals surface area contributed by atoms with Gasteiger partial charge >= 0.3 is 0 Å². The summed E-state index contributed by atoms with van der Waals surface area (Å²) in [6.45, 7) is 0.776. The zero-order valence-electron chi connectivity index (χ0n) is 17.8. The summed E-state index contributed by atoms with van der Waals surface area (Å²) in [5, 5.41) is 0.445. The van der Waals surface area contributed by atoms with Gasteiger partial charge < -0.3 is 18.6 Å². The van der Waals surface area contributed by atoms with E-state index in [1.54, 1.807) is 37.4 Å². The van der Waals surface area contributed by atoms with Crippen molar-refractivity contribution >= 4 is 20.8 Å². The number of fused-ring (bicyclic) bond motifs is 3. The third-order valence-electron chi connectivity index (χ3n) is 6.17. The molecule has 1 saturated heterocycles. The predicted molar refractivity (Wildman–Crippen MR) is 119 cm³/mol. The summed E-state index contributed by atoms with van der Waals surface area (Å²) >= 11 is 0. The average Bonchev–Trinajstić information content (AvgIpc) is 3.18. The first-order chi connectivity index (χ1) is 15.4. The number of sulfone groups is 1. The standard InChI is InChI=1S/C23H23NO7S/c1-28-20-5-3-14(9-21(20)29-2)18-11-30-23-16(22(18)25)4-6-19-17(23)10-24(13-31-19)15-7-8-32(26,27)12-15/h3-6,9,11,15H,7-8,10,12-13H2,1-2H3. The van der Waals surface area contributed by atoms with Gasteiger partial charge in [0.1, 0.15) is 24.3 Å². The summed E-state index contributed by atoms with van der Waals surface area (Å²) in [5.74, 6) is 2.06. The normalized spacial score (nSPS) is 20.0. The van der Waals surface area contributed by atoms with Crippen LogP contribution in [-0.2, 0) is 16.4 Å². The molecule has 0 amide bonds. The Morgan fingerprint density at radius 3 is 2.62 bits per heavy atom. The van der Waals surface area contributed by atoms with Gasteiger partial charge in [-0.15, -0.1) is 0 Å². The van der Waals surface area contributed by atoms with Crippen molar-refractivity contribution in [3.05, 3.63) is 52.4 Å². The number of rotatable bonds is 4. The number of methoxy groups -OCH3 is 2. The van der Waals surface area contributed by atoms with Crippen molar-refractivity contribution in [3.63, 3.8) is 0 Å². The molecule has 0 bridgehead atoms. The lowest BCUT2D eigenvalue weighted by Crippen LogP contribution is -2.41. The molecule has 8 nitrogen and oxygen atoms in total. The van der Waals surface area contributed by atoms with Crippen LogP contribution in [0, 0.1) is 0 Å². The number of nitrogens with zero attached hydrogens (tertiary/aromatic N) is 1. The van der Waals surface area contributed by atoms with Gasteiger partial charge in [0, 0.05) is 12.6 Å². The minimum atomic E-state index is -3.01. The van der Waals surface area contributed by atoms with E-state index in [1.807, 2.05) is 4.90 Å². The third-order valence-corrected chi connectivity index (χ3v) is 7.92. The van der Waals surface area contributed by atoms with E-state index in [4.69, 9.17) is 18.6 Å². The van der Waals surface area contributed by atoms with Crippen LogP contribution in [0.4, 0.5) is 0 Å². The summed E-state index contributed by atoms with van der Waals surface area (Å²) in [6, 6.07) is 8.65. The Bertz CT molecular complexity index is 1360. The van der Waals surface area contributed by atoms with Gasteiger partial charge in [0.05, 0.1) is 42.2 Å². The van der Waals surface area contributed by atoms with Gasteiger partial charge in [-0.1, -0.05) is 6.07 Å². The quantitative estimate of drug-likeness (QED) is 0.590. The molecule has 1 fully saturated rings. The zero-order chi connectivity index (χ0) is 22.5. The molecule has 2 aliphatic rings. The van der Waals surface area contributed by atoms with E-state index in [-0.39, 0.29) is 23.0 Å². The van der Waals surface area contributed by atoms with E-state index in [0.717, 1.165) is 5.56 Å². The van der Waals surface area contributed by atoms with Gasteiger partial charge in [-0.3, -0.25) is 9.69 Å². The lowest BCUT2D eigenvalue weighted by Gasteiger charge is -2.33. The second-order valence-electron chi connectivity index (χ2n) is 8.04. The van der Waals surface area contributed by atoms with Crippen LogP contribution in [0.1, 0.15) is 12.0 Å². The molecule has 2 aromatic carbocycles. The molecule has 1 atom stereocenters. The summed E-state index contributed by atoms with van der Waals surface area (Å²) in [4.78, 5) is 15.3. The number of hydrogen-bond acceptors (Lipinski definition) is 8. The Morgan fingerprint density at radius 2 is 1.91 bits per heavy atom. The fourth-order valence-corrected chi connectivity index (χ4v) is 6.19. The van der Waals surface area contributed by atoms with Crippen molar-refractivity contribution in [1.82, 2.24) is 4.90 Å². The molecule has 3 aromatic rings. The second kappa shape index (κ2) is 7.83. The highest BCUT2D eigenvalue weighted by atomic mass is 32.2. The van der Waals surface area contributed by atoms with E-state index < -0.39 is 9.84 Å². The molecule has 0 spiro atoms. The summed E-state index contributed by atoms with van der Waals surface area (Å²) in [5.41, 5.74) is 2.12. The molecule has 1 aromatic heterocycles. The molecule has 32 heavy (non-hydrogen) atoms. The number of hydrogen-bond donors (Lipinski definition) is 0. The van der Waals surface area contributed by atoms with Crippen LogP contribution >= 0.6 is 0 Å². The van der Waals surface area contributed by atoms with Crippen molar-refractivity contribution in [2.75, 3.05) is 32.5 Å². The Morgan fingerprint density at radius 1 is 1.09 bits per heavy atom. The average molecular weight is 458 g/mol. The maximum Gasteiger partial charge on any atom is 0.200 e. The van der Waals surface area contributed by atoms with E-state index in [2.05, 4.69) is 0 Å². The molecule has 0 aliphatic carbocycles. The molecule has 0 saturated carbocycles. The minimum Gasteiger partial charge on any atom is -0.493 e. The van der Waals surface area contributed by atoms with Crippen LogP contribution in [0.15, 0.2) is 45.8 Å². The highest BCUT2D eigenvalue weighted by Crippen LogP contribution is 2.36. The van der Waals surface area contributed by atoms with Crippen LogP contribution in [0.2, 0.25) is 0 Å². The summed E-state index contributed by atoms with van der Waals surface area (Å²) in [6.07, 6.45) is 2.03. The highest BCUT2D eigenvalue weighted by molar-refractivity contribution is 7.91. The molecule has 2 aliphatic heterocycles. The van der Waals surface area contributed by atoms with Crippen LogP contribution in [0.25, 0.3) is 22.1 Å². The predicted octanol–water partition coefficient (Wildman–Crippen LogP) is 2.82. The number of ether oxygens (including phenoxy) is 3. The Kier molecular flexibility index (Phi) is 5.10. The van der Waals surface area contributed by atoms with Gasteiger partial charge in [-0.2, -0.15) is 0 Å². The maximum atomic E-state index is 13.3. The minimum absolute atomic E-state index is 0.0961. The molecular formula is C23H23NO7S. The fourth-order valence-electron chi connectivity index (χ4n) is 4.43. The SMILES string of the molecule is COc1ccc(-c2coc3c4c(ccc3c2=O)OCN(C2CCS(=O)(=O)C2)C4)cc1OC. The molecule has 0 N–H and O–H groups in total. The van der Waals surface area contributed by atoms with E-state index >= 15 is 0 Å². The highest BCUT2D eigenvalue weighted by Gasteiger charge is 2.35. The van der Waals surface area contributed by atoms with E-state index in [9.17, 15) is 13.2 Å². The first kappa shape index (κ1) is 20.8. The van der Waals surface area contributed by atoms with Gasteiger partial charge in [-0.25, -0.2) is 8.42 Å². The van der Waals surface area contributed by atoms with Crippen molar-refractivity contribution in [1.29, 1.82) is 0 Å². The lowest BCUT2D eigenvalue weighted by molar-refractivity contribution is 0.0649. The Balaban J connectivity index is 1.54. The molecular weight excluding hydrogens is 434 g/mol. The zero-order valence-corrected chi connectivity index (χ0v) is 18.6. The summed E-state index contributed by atoms with van der Waals surface area (Å²) < 4.78 is 46.3. The van der Waals surface area contributed by atoms with Crippen LogP contribution in [0.5, 0.6) is 17.2 Å². The fraction of sp³-hybridized carbons (Fsp3) is 0.348. The topological polar surface area (TPSA) is 95.3 Å². The molecule has 168 valence electrons. The maximum absolute atomic E-state index is 13.3. The van der Waals surface area contributed by atoms with Crippen molar-refractivity contribution in [3.8, 4) is 28.4 Å². The Labute approximate surface area is 185 Å². The van der Waals surface area contributed by atoms with Crippen molar-refractivity contribution in [2.45, 2.75) is 19.0 Å². The number of benzene rings is 2. The summed E-state index contributed by atoms with van der Waals surface area (Å²) in [7, 11) is 0.0845. The first-order valence-electron chi connectivity index (χ1n) is 10.3. The first-order valence-corrected chi connectivity index (χ1v) is 12.1. The molecule has 9 heteroatoms. The smallest absolute Gasteiger partial charge is 0.200 e. The third kappa shape index (κ3) is 3.51. The van der Waals surface area contributed by atoms with Gasteiger partial charge in [-0.05, 0) is 36.2 Å². The second-order valence-corrected chi connectivity index (χ2v) is 10.3.